The average Bonchev–Trinajstić information content (AvgIpc) is 3.45. The van der Waals surface area contributed by atoms with Crippen molar-refractivity contribution in [3.05, 3.63) is 119 Å². The van der Waals surface area contributed by atoms with E-state index in [0.29, 0.717) is 22.6 Å². The number of benzene rings is 2. The van der Waals surface area contributed by atoms with Gasteiger partial charge in [0.2, 0.25) is 0 Å². The highest BCUT2D eigenvalue weighted by Crippen LogP contribution is 2.50. The van der Waals surface area contributed by atoms with Gasteiger partial charge in [-0.1, -0.05) is 119 Å². The fraction of sp³-hybridized carbons (Fsp3) is 0.286. The smallest absolute Gasteiger partial charge is 0.0573 e. The lowest BCUT2D eigenvalue weighted by atomic mass is 9.97. The molecule has 0 radical (unpaired) electrons. The van der Waals surface area contributed by atoms with Gasteiger partial charge in [0.05, 0.1) is 22.6 Å². The van der Waals surface area contributed by atoms with E-state index >= 15 is 0 Å². The normalized spacial score (nSPS) is 21.5. The average molecular weight is 493 g/mol. The van der Waals surface area contributed by atoms with Crippen molar-refractivity contribution >= 4 is 31.4 Å². The zero-order valence-corrected chi connectivity index (χ0v) is 22.1. The number of likely N-dealkylation sites (N-methyl/N-ethyl adjacent to an activating group) is 2. The highest BCUT2D eigenvalue weighted by molar-refractivity contribution is 9.09. The highest BCUT2D eigenvalue weighted by atomic mass is 33.5. The lowest BCUT2D eigenvalue weighted by molar-refractivity contribution is 0.336. The Morgan fingerprint density at radius 2 is 1.00 bits per heavy atom. The summed E-state index contributed by atoms with van der Waals surface area (Å²) in [4.78, 5) is 4.64. The van der Waals surface area contributed by atoms with Crippen LogP contribution in [0.1, 0.15) is 23.2 Å². The Morgan fingerprint density at radius 1 is 0.606 bits per heavy atom. The lowest BCUT2D eigenvalue weighted by Crippen LogP contribution is -2.25. The molecule has 0 aromatic heterocycles. The van der Waals surface area contributed by atoms with Crippen molar-refractivity contribution in [2.75, 3.05) is 28.2 Å². The van der Waals surface area contributed by atoms with Gasteiger partial charge in [0.25, 0.3) is 0 Å². The first-order valence-electron chi connectivity index (χ1n) is 11.2. The Bertz CT molecular complexity index is 942. The number of allylic oxidation sites excluding steroid dienone is 4. The zero-order valence-electron chi connectivity index (χ0n) is 19.7. The van der Waals surface area contributed by atoms with Crippen LogP contribution in [0.15, 0.2) is 108 Å². The van der Waals surface area contributed by atoms with E-state index in [1.807, 2.05) is 31.4 Å². The van der Waals surface area contributed by atoms with Crippen LogP contribution >= 0.6 is 31.4 Å². The molecule has 0 heterocycles. The monoisotopic (exact) mass is 492 g/mol. The maximum atomic E-state index is 2.33. The lowest BCUT2D eigenvalue weighted by Gasteiger charge is -2.30. The van der Waals surface area contributed by atoms with E-state index in [2.05, 4.69) is 135 Å². The number of hydrogen-bond acceptors (Lipinski definition) is 5. The van der Waals surface area contributed by atoms with Gasteiger partial charge in [-0.15, -0.1) is 0 Å². The topological polar surface area (TPSA) is 6.48 Å². The third-order valence-corrected chi connectivity index (χ3v) is 10.5. The second-order valence-corrected chi connectivity index (χ2v) is 13.1. The molecule has 2 unspecified atom stereocenters. The maximum absolute atomic E-state index is 2.33. The Hall–Kier alpha value is -1.63. The summed E-state index contributed by atoms with van der Waals surface area (Å²) < 4.78 is 0. The molecule has 5 heteroatoms. The summed E-state index contributed by atoms with van der Waals surface area (Å²) in [7, 11) is 14.5. The molecule has 0 fully saturated rings. The fourth-order valence-electron chi connectivity index (χ4n) is 4.57. The number of nitrogens with zero attached hydrogens (tertiary/aromatic N) is 2. The van der Waals surface area contributed by atoms with Gasteiger partial charge in [0.1, 0.15) is 0 Å². The molecular weight excluding hydrogens is 461 g/mol. The Labute approximate surface area is 210 Å². The molecule has 0 aliphatic heterocycles. The largest absolute Gasteiger partial charge is 0.299 e. The minimum Gasteiger partial charge on any atom is -0.299 e. The summed E-state index contributed by atoms with van der Waals surface area (Å²) >= 11 is 0. The SMILES string of the molecule is CN(C)[C@@H](C1=CC=CC1SSSC1C=CC=C1[C@@H](c1ccccc1)N(C)C)c1ccccc1. The van der Waals surface area contributed by atoms with Gasteiger partial charge in [0.15, 0.2) is 0 Å². The van der Waals surface area contributed by atoms with Gasteiger partial charge in [-0.05, 0) is 60.3 Å². The zero-order chi connectivity index (χ0) is 23.2. The summed E-state index contributed by atoms with van der Waals surface area (Å²) in [6, 6.07) is 22.2. The Morgan fingerprint density at radius 3 is 1.36 bits per heavy atom. The fourth-order valence-corrected chi connectivity index (χ4v) is 9.36. The standard InChI is InChI=1S/C28H32N2S3/c1-29(2)27(21-13-7-5-8-14-21)23-17-11-19-25(23)31-33-32-26-20-12-18-24(26)28(30(3)4)22-15-9-6-10-16-22/h5-20,25-28H,1-4H3/t25?,26?,27-,28-/m1/s1. The van der Waals surface area contributed by atoms with Gasteiger partial charge >= 0.3 is 0 Å². The van der Waals surface area contributed by atoms with Gasteiger partial charge in [-0.3, -0.25) is 9.80 Å². The van der Waals surface area contributed by atoms with E-state index < -0.39 is 0 Å². The molecule has 2 aromatic rings. The molecule has 2 nitrogen and oxygen atoms in total. The van der Waals surface area contributed by atoms with Crippen molar-refractivity contribution in [3.63, 3.8) is 0 Å². The van der Waals surface area contributed by atoms with E-state index in [9.17, 15) is 0 Å². The minimum absolute atomic E-state index is 0.294. The van der Waals surface area contributed by atoms with Crippen LogP contribution in [0.3, 0.4) is 0 Å². The van der Waals surface area contributed by atoms with E-state index in [0.717, 1.165) is 0 Å². The van der Waals surface area contributed by atoms with Crippen LogP contribution in [0, 0.1) is 0 Å². The van der Waals surface area contributed by atoms with Crippen LogP contribution in [0.25, 0.3) is 0 Å². The summed E-state index contributed by atoms with van der Waals surface area (Å²) in [5, 5.41) is 0.762. The molecule has 0 N–H and O–H groups in total. The second-order valence-electron chi connectivity index (χ2n) is 8.76. The Kier molecular flexibility index (Phi) is 8.67. The molecule has 0 saturated heterocycles. The van der Waals surface area contributed by atoms with Gasteiger partial charge < -0.3 is 0 Å². The summed E-state index contributed by atoms with van der Waals surface area (Å²) in [5.41, 5.74) is 5.61. The first-order valence-corrected chi connectivity index (χ1v) is 14.9. The van der Waals surface area contributed by atoms with Crippen molar-refractivity contribution < 1.29 is 0 Å². The van der Waals surface area contributed by atoms with Crippen molar-refractivity contribution in [1.29, 1.82) is 0 Å². The molecule has 0 spiro atoms. The molecular formula is C28H32N2S3. The van der Waals surface area contributed by atoms with Gasteiger partial charge in [0, 0.05) is 0 Å². The first-order chi connectivity index (χ1) is 16.1. The van der Waals surface area contributed by atoms with Crippen LogP contribution < -0.4 is 0 Å². The van der Waals surface area contributed by atoms with Crippen molar-refractivity contribution in [2.24, 2.45) is 0 Å². The third kappa shape index (κ3) is 5.90. The van der Waals surface area contributed by atoms with E-state index in [1.165, 1.54) is 22.3 Å². The molecule has 4 rings (SSSR count). The summed E-state index contributed by atoms with van der Waals surface area (Å²) in [6.45, 7) is 0. The summed E-state index contributed by atoms with van der Waals surface area (Å²) in [5.74, 6) is 0. The molecule has 172 valence electrons. The highest BCUT2D eigenvalue weighted by Gasteiger charge is 2.30. The Balaban J connectivity index is 1.40. The van der Waals surface area contributed by atoms with Crippen molar-refractivity contribution in [3.8, 4) is 0 Å². The van der Waals surface area contributed by atoms with E-state index in [4.69, 9.17) is 0 Å². The molecule has 0 bridgehead atoms. The third-order valence-electron chi connectivity index (χ3n) is 5.99. The van der Waals surface area contributed by atoms with E-state index in [-0.39, 0.29) is 0 Å². The minimum atomic E-state index is 0.294. The first kappa shape index (κ1) is 24.5. The number of rotatable bonds is 10. The molecule has 2 aromatic carbocycles. The molecule has 4 atom stereocenters. The molecule has 2 aliphatic rings. The second kappa shape index (κ2) is 11.7. The van der Waals surface area contributed by atoms with Crippen LogP contribution in [-0.2, 0) is 0 Å². The van der Waals surface area contributed by atoms with Crippen molar-refractivity contribution in [1.82, 2.24) is 9.80 Å². The molecule has 0 saturated carbocycles. The predicted molar refractivity (Wildman–Crippen MR) is 151 cm³/mol. The molecule has 2 aliphatic carbocycles. The van der Waals surface area contributed by atoms with Crippen LogP contribution in [0.5, 0.6) is 0 Å². The van der Waals surface area contributed by atoms with Gasteiger partial charge in [-0.2, -0.15) is 0 Å². The van der Waals surface area contributed by atoms with Crippen LogP contribution in [0.4, 0.5) is 0 Å². The van der Waals surface area contributed by atoms with Crippen LogP contribution in [0.2, 0.25) is 0 Å². The molecule has 33 heavy (non-hydrogen) atoms. The maximum Gasteiger partial charge on any atom is 0.0573 e. The van der Waals surface area contributed by atoms with Gasteiger partial charge in [-0.25, -0.2) is 0 Å². The summed E-state index contributed by atoms with van der Waals surface area (Å²) in [6.07, 6.45) is 13.7. The molecule has 0 amide bonds. The van der Waals surface area contributed by atoms with E-state index in [1.54, 1.807) is 0 Å². The number of hydrogen-bond donors (Lipinski definition) is 0. The van der Waals surface area contributed by atoms with Crippen molar-refractivity contribution in [2.45, 2.75) is 22.6 Å². The van der Waals surface area contributed by atoms with Crippen LogP contribution in [-0.4, -0.2) is 48.5 Å². The predicted octanol–water partition coefficient (Wildman–Crippen LogP) is 7.35. The quantitative estimate of drug-likeness (QED) is 0.319.